The van der Waals surface area contributed by atoms with Crippen LogP contribution in [0.15, 0.2) is 78.9 Å². The van der Waals surface area contributed by atoms with Gasteiger partial charge in [0.25, 0.3) is 0 Å². The molecule has 0 bridgehead atoms. The van der Waals surface area contributed by atoms with Crippen LogP contribution in [0.4, 0.5) is 0 Å². The number of nitriles is 1. The van der Waals surface area contributed by atoms with Gasteiger partial charge in [-0.05, 0) is 29.8 Å². The number of ether oxygens (including phenoxy) is 2. The number of rotatable bonds is 6. The standard InChI is InChI=1S/C21H17NO2/c22-16-17-7-6-10-19(15-17)23-13-14-24-21-12-5-4-11-20(21)18-8-2-1-3-9-18/h1-12,15H,13-14H2. The third kappa shape index (κ3) is 3.93. The van der Waals surface area contributed by atoms with Crippen molar-refractivity contribution in [2.75, 3.05) is 13.2 Å². The summed E-state index contributed by atoms with van der Waals surface area (Å²) in [6, 6.07) is 27.3. The fourth-order valence-electron chi connectivity index (χ4n) is 2.42. The van der Waals surface area contributed by atoms with Gasteiger partial charge in [-0.3, -0.25) is 0 Å². The Morgan fingerprint density at radius 3 is 2.33 bits per heavy atom. The molecule has 0 amide bonds. The van der Waals surface area contributed by atoms with Crippen LogP contribution < -0.4 is 9.47 Å². The number of benzene rings is 3. The monoisotopic (exact) mass is 315 g/mol. The van der Waals surface area contributed by atoms with Crippen LogP contribution in [0.3, 0.4) is 0 Å². The van der Waals surface area contributed by atoms with Crippen LogP contribution in [0.5, 0.6) is 11.5 Å². The normalized spacial score (nSPS) is 9.96. The van der Waals surface area contributed by atoms with E-state index < -0.39 is 0 Å². The quantitative estimate of drug-likeness (QED) is 0.620. The minimum atomic E-state index is 0.415. The highest BCUT2D eigenvalue weighted by Crippen LogP contribution is 2.29. The average Bonchev–Trinajstić information content (AvgIpc) is 2.66. The Morgan fingerprint density at radius 1 is 0.750 bits per heavy atom. The van der Waals surface area contributed by atoms with Gasteiger partial charge in [-0.2, -0.15) is 5.26 Å². The van der Waals surface area contributed by atoms with Crippen LogP contribution >= 0.6 is 0 Å². The number of para-hydroxylation sites is 1. The van der Waals surface area contributed by atoms with Gasteiger partial charge in [0.05, 0.1) is 11.6 Å². The Kier molecular flexibility index (Phi) is 5.11. The summed E-state index contributed by atoms with van der Waals surface area (Å²) in [6.07, 6.45) is 0. The van der Waals surface area contributed by atoms with Gasteiger partial charge in [0, 0.05) is 5.56 Å². The van der Waals surface area contributed by atoms with Crippen molar-refractivity contribution in [1.29, 1.82) is 5.26 Å². The first-order chi connectivity index (χ1) is 11.9. The zero-order chi connectivity index (χ0) is 16.6. The third-order valence-corrected chi connectivity index (χ3v) is 3.54. The number of hydrogen-bond donors (Lipinski definition) is 0. The smallest absolute Gasteiger partial charge is 0.127 e. The van der Waals surface area contributed by atoms with Crippen molar-refractivity contribution >= 4 is 0 Å². The third-order valence-electron chi connectivity index (χ3n) is 3.54. The van der Waals surface area contributed by atoms with Gasteiger partial charge >= 0.3 is 0 Å². The minimum absolute atomic E-state index is 0.415. The van der Waals surface area contributed by atoms with Crippen LogP contribution in [0.25, 0.3) is 11.1 Å². The van der Waals surface area contributed by atoms with Crippen molar-refractivity contribution in [3.63, 3.8) is 0 Å². The average molecular weight is 315 g/mol. The second-order valence-electron chi connectivity index (χ2n) is 5.20. The van der Waals surface area contributed by atoms with E-state index in [4.69, 9.17) is 14.7 Å². The zero-order valence-corrected chi connectivity index (χ0v) is 13.2. The van der Waals surface area contributed by atoms with E-state index in [1.54, 1.807) is 18.2 Å². The Balaban J connectivity index is 1.60. The van der Waals surface area contributed by atoms with Crippen molar-refractivity contribution in [2.45, 2.75) is 0 Å². The number of hydrogen-bond acceptors (Lipinski definition) is 3. The Hall–Kier alpha value is -3.25. The van der Waals surface area contributed by atoms with Crippen LogP contribution in [-0.2, 0) is 0 Å². The molecule has 0 fully saturated rings. The highest BCUT2D eigenvalue weighted by Gasteiger charge is 2.05. The van der Waals surface area contributed by atoms with Gasteiger partial charge in [0.1, 0.15) is 24.7 Å². The Labute approximate surface area is 141 Å². The molecule has 0 unspecified atom stereocenters. The lowest BCUT2D eigenvalue weighted by atomic mass is 10.1. The lowest BCUT2D eigenvalue weighted by Gasteiger charge is -2.12. The summed E-state index contributed by atoms with van der Waals surface area (Å²) < 4.78 is 11.5. The topological polar surface area (TPSA) is 42.2 Å². The summed E-state index contributed by atoms with van der Waals surface area (Å²) in [5, 5.41) is 8.89. The summed E-state index contributed by atoms with van der Waals surface area (Å²) >= 11 is 0. The second kappa shape index (κ2) is 7.85. The van der Waals surface area contributed by atoms with Crippen LogP contribution in [-0.4, -0.2) is 13.2 Å². The van der Waals surface area contributed by atoms with Gasteiger partial charge in [-0.1, -0.05) is 54.6 Å². The molecule has 3 aromatic carbocycles. The van der Waals surface area contributed by atoms with Crippen molar-refractivity contribution in [1.82, 2.24) is 0 Å². The van der Waals surface area contributed by atoms with Gasteiger partial charge < -0.3 is 9.47 Å². The first-order valence-corrected chi connectivity index (χ1v) is 7.77. The molecular formula is C21H17NO2. The molecule has 24 heavy (non-hydrogen) atoms. The Morgan fingerprint density at radius 2 is 1.50 bits per heavy atom. The van der Waals surface area contributed by atoms with Crippen LogP contribution in [0.1, 0.15) is 5.56 Å². The largest absolute Gasteiger partial charge is 0.490 e. The molecule has 0 spiro atoms. The lowest BCUT2D eigenvalue weighted by Crippen LogP contribution is -2.09. The molecule has 0 aromatic heterocycles. The van der Waals surface area contributed by atoms with Gasteiger partial charge in [0.2, 0.25) is 0 Å². The highest BCUT2D eigenvalue weighted by molar-refractivity contribution is 5.70. The predicted octanol–water partition coefficient (Wildman–Crippen LogP) is 4.68. The van der Waals surface area contributed by atoms with E-state index in [2.05, 4.69) is 18.2 Å². The van der Waals surface area contributed by atoms with E-state index in [0.717, 1.165) is 16.9 Å². The summed E-state index contributed by atoms with van der Waals surface area (Å²) in [5.74, 6) is 1.51. The van der Waals surface area contributed by atoms with Gasteiger partial charge in [-0.15, -0.1) is 0 Å². The fraction of sp³-hybridized carbons (Fsp3) is 0.0952. The lowest BCUT2D eigenvalue weighted by molar-refractivity contribution is 0.217. The first kappa shape index (κ1) is 15.6. The summed E-state index contributed by atoms with van der Waals surface area (Å²) in [6.45, 7) is 0.846. The van der Waals surface area contributed by atoms with Crippen molar-refractivity contribution in [3.8, 4) is 28.7 Å². The maximum atomic E-state index is 8.89. The van der Waals surface area contributed by atoms with Crippen molar-refractivity contribution < 1.29 is 9.47 Å². The molecule has 0 heterocycles. The van der Waals surface area contributed by atoms with Gasteiger partial charge in [-0.25, -0.2) is 0 Å². The molecule has 0 aliphatic carbocycles. The molecule has 118 valence electrons. The summed E-state index contributed by atoms with van der Waals surface area (Å²) in [4.78, 5) is 0. The van der Waals surface area contributed by atoms with Crippen molar-refractivity contribution in [3.05, 3.63) is 84.4 Å². The molecule has 0 radical (unpaired) electrons. The van der Waals surface area contributed by atoms with E-state index in [-0.39, 0.29) is 0 Å². The molecule has 0 N–H and O–H groups in total. The molecule has 3 aromatic rings. The second-order valence-corrected chi connectivity index (χ2v) is 5.20. The van der Waals surface area contributed by atoms with Crippen LogP contribution in [0, 0.1) is 11.3 Å². The maximum absolute atomic E-state index is 8.89. The molecule has 0 saturated carbocycles. The zero-order valence-electron chi connectivity index (χ0n) is 13.2. The minimum Gasteiger partial charge on any atom is -0.490 e. The van der Waals surface area contributed by atoms with E-state index in [9.17, 15) is 0 Å². The maximum Gasteiger partial charge on any atom is 0.127 e. The molecule has 3 heteroatoms. The first-order valence-electron chi connectivity index (χ1n) is 7.77. The number of nitrogens with zero attached hydrogens (tertiary/aromatic N) is 1. The van der Waals surface area contributed by atoms with Gasteiger partial charge in [0.15, 0.2) is 0 Å². The highest BCUT2D eigenvalue weighted by atomic mass is 16.5. The molecule has 0 atom stereocenters. The Bertz CT molecular complexity index is 838. The van der Waals surface area contributed by atoms with E-state index in [1.165, 1.54) is 0 Å². The summed E-state index contributed by atoms with van der Waals surface area (Å²) in [5.41, 5.74) is 2.77. The molecule has 0 aliphatic heterocycles. The van der Waals surface area contributed by atoms with E-state index >= 15 is 0 Å². The molecule has 0 aliphatic rings. The fourth-order valence-corrected chi connectivity index (χ4v) is 2.42. The van der Waals surface area contributed by atoms with Crippen molar-refractivity contribution in [2.24, 2.45) is 0 Å². The molecule has 3 rings (SSSR count). The van der Waals surface area contributed by atoms with E-state index in [0.29, 0.717) is 24.5 Å². The predicted molar refractivity (Wildman–Crippen MR) is 94.0 cm³/mol. The van der Waals surface area contributed by atoms with E-state index in [1.807, 2.05) is 48.5 Å². The molecule has 3 nitrogen and oxygen atoms in total. The SMILES string of the molecule is N#Cc1cccc(OCCOc2ccccc2-c2ccccc2)c1. The molecule has 0 saturated heterocycles. The van der Waals surface area contributed by atoms with Crippen LogP contribution in [0.2, 0.25) is 0 Å². The summed E-state index contributed by atoms with van der Waals surface area (Å²) in [7, 11) is 0. The molecular weight excluding hydrogens is 298 g/mol.